The fourth-order valence-electron chi connectivity index (χ4n) is 4.49. The molecule has 1 N–H and O–H groups in total. The minimum absolute atomic E-state index is 0.120. The number of carbonyl (C=O) groups excluding carboxylic acids is 1. The summed E-state index contributed by atoms with van der Waals surface area (Å²) in [5, 5.41) is 15.6. The van der Waals surface area contributed by atoms with Gasteiger partial charge < -0.3 is 14.8 Å². The molecule has 0 radical (unpaired) electrons. The average molecular weight is 559 g/mol. The fraction of sp³-hybridized carbons (Fsp3) is 0.250. The molecule has 6 rings (SSSR count). The van der Waals surface area contributed by atoms with Gasteiger partial charge in [0.05, 0.1) is 36.1 Å². The first-order chi connectivity index (χ1) is 19.1. The first-order valence-corrected chi connectivity index (χ1v) is 14.3. The van der Waals surface area contributed by atoms with Crippen molar-refractivity contribution in [1.29, 1.82) is 0 Å². The summed E-state index contributed by atoms with van der Waals surface area (Å²) < 4.78 is 12.6. The quantitative estimate of drug-likeness (QED) is 0.228. The van der Waals surface area contributed by atoms with E-state index in [0.717, 1.165) is 32.0 Å². The van der Waals surface area contributed by atoms with E-state index in [9.17, 15) is 4.79 Å². The maximum Gasteiger partial charge on any atom is 0.357 e. The molecule has 1 atom stereocenters. The van der Waals surface area contributed by atoms with Gasteiger partial charge in [-0.2, -0.15) is 0 Å². The second kappa shape index (κ2) is 11.0. The standard InChI is InChI=1S/C28H26N6O3S2/c1-3-36-26(35)22-16-38-28(30-22)34-14-19(37-15-18-9-5-4-6-10-18)13-20-17(2)24(32-33-25(20)34)31-27-29-21-11-7-8-12-23(21)39-27/h4-12,16,19H,3,13-15H2,1-2H3,(H,29,31,32)/t19-/m1/s1. The summed E-state index contributed by atoms with van der Waals surface area (Å²) in [4.78, 5) is 23.5. The van der Waals surface area contributed by atoms with E-state index < -0.39 is 5.97 Å². The van der Waals surface area contributed by atoms with E-state index in [4.69, 9.17) is 9.47 Å². The number of anilines is 4. The van der Waals surface area contributed by atoms with Crippen LogP contribution in [0.3, 0.4) is 0 Å². The Bertz CT molecular complexity index is 1590. The van der Waals surface area contributed by atoms with Gasteiger partial charge in [0.15, 0.2) is 27.6 Å². The fourth-order valence-corrected chi connectivity index (χ4v) is 6.16. The Kier molecular flexibility index (Phi) is 7.18. The van der Waals surface area contributed by atoms with Crippen molar-refractivity contribution < 1.29 is 14.3 Å². The second-order valence-electron chi connectivity index (χ2n) is 9.06. The maximum atomic E-state index is 12.3. The first kappa shape index (κ1) is 25.4. The number of rotatable bonds is 8. The molecule has 3 aromatic heterocycles. The molecule has 2 aromatic carbocycles. The smallest absolute Gasteiger partial charge is 0.357 e. The number of aromatic nitrogens is 4. The SMILES string of the molecule is CCOC(=O)c1csc(N2C[C@H](OCc3ccccc3)Cc3c2nnc(Nc2nc4ccccc4s2)c3C)n1. The van der Waals surface area contributed by atoms with E-state index in [-0.39, 0.29) is 11.8 Å². The molecule has 0 saturated heterocycles. The van der Waals surface area contributed by atoms with Gasteiger partial charge in [-0.3, -0.25) is 4.90 Å². The summed E-state index contributed by atoms with van der Waals surface area (Å²) >= 11 is 2.95. The number of carbonyl (C=O) groups is 1. The molecular formula is C28H26N6O3S2. The van der Waals surface area contributed by atoms with E-state index >= 15 is 0 Å². The molecule has 0 bridgehead atoms. The molecule has 39 heavy (non-hydrogen) atoms. The lowest BCUT2D eigenvalue weighted by Crippen LogP contribution is -2.38. The summed E-state index contributed by atoms with van der Waals surface area (Å²) in [5.74, 6) is 0.932. The van der Waals surface area contributed by atoms with Crippen LogP contribution in [0.2, 0.25) is 0 Å². The molecule has 4 heterocycles. The second-order valence-corrected chi connectivity index (χ2v) is 10.9. The number of benzene rings is 2. The largest absolute Gasteiger partial charge is 0.461 e. The van der Waals surface area contributed by atoms with Crippen LogP contribution in [0.1, 0.15) is 34.1 Å². The molecule has 0 spiro atoms. The van der Waals surface area contributed by atoms with Gasteiger partial charge in [0.1, 0.15) is 0 Å². The van der Waals surface area contributed by atoms with E-state index in [1.165, 1.54) is 11.3 Å². The lowest BCUT2D eigenvalue weighted by Gasteiger charge is -2.34. The predicted octanol–water partition coefficient (Wildman–Crippen LogP) is 6.05. The van der Waals surface area contributed by atoms with Crippen molar-refractivity contribution in [2.24, 2.45) is 0 Å². The average Bonchev–Trinajstić information content (AvgIpc) is 3.61. The minimum atomic E-state index is -0.438. The van der Waals surface area contributed by atoms with Crippen molar-refractivity contribution in [2.45, 2.75) is 33.0 Å². The summed E-state index contributed by atoms with van der Waals surface area (Å²) in [7, 11) is 0. The molecule has 198 valence electrons. The molecule has 9 nitrogen and oxygen atoms in total. The third kappa shape index (κ3) is 5.33. The zero-order valence-corrected chi connectivity index (χ0v) is 23.1. The Morgan fingerprint density at radius 1 is 1.10 bits per heavy atom. The van der Waals surface area contributed by atoms with Crippen LogP contribution < -0.4 is 10.2 Å². The first-order valence-electron chi connectivity index (χ1n) is 12.6. The van der Waals surface area contributed by atoms with Gasteiger partial charge in [0, 0.05) is 22.9 Å². The van der Waals surface area contributed by atoms with Crippen molar-refractivity contribution in [1.82, 2.24) is 20.2 Å². The molecule has 0 fully saturated rings. The Labute approximate surface area is 233 Å². The van der Waals surface area contributed by atoms with Crippen LogP contribution in [0.15, 0.2) is 60.0 Å². The van der Waals surface area contributed by atoms with Crippen LogP contribution in [0.5, 0.6) is 0 Å². The molecule has 1 aliphatic heterocycles. The number of esters is 1. The van der Waals surface area contributed by atoms with Crippen molar-refractivity contribution in [3.05, 3.63) is 82.4 Å². The number of nitrogens with one attached hydrogen (secondary N) is 1. The van der Waals surface area contributed by atoms with Crippen molar-refractivity contribution in [2.75, 3.05) is 23.4 Å². The summed E-state index contributed by atoms with van der Waals surface area (Å²) in [6.45, 7) is 5.14. The van der Waals surface area contributed by atoms with Gasteiger partial charge in [-0.25, -0.2) is 14.8 Å². The van der Waals surface area contributed by atoms with Gasteiger partial charge >= 0.3 is 5.97 Å². The van der Waals surface area contributed by atoms with Gasteiger partial charge in [-0.1, -0.05) is 53.8 Å². The van der Waals surface area contributed by atoms with E-state index in [1.54, 1.807) is 23.6 Å². The van der Waals surface area contributed by atoms with Crippen LogP contribution in [0.25, 0.3) is 10.2 Å². The summed E-state index contributed by atoms with van der Waals surface area (Å²) in [6, 6.07) is 18.1. The topological polar surface area (TPSA) is 102 Å². The molecule has 1 aliphatic rings. The van der Waals surface area contributed by atoms with Crippen molar-refractivity contribution in [3.8, 4) is 0 Å². The number of fused-ring (bicyclic) bond motifs is 2. The van der Waals surface area contributed by atoms with E-state index in [2.05, 4.69) is 43.7 Å². The maximum absolute atomic E-state index is 12.3. The Hall–Kier alpha value is -3.93. The van der Waals surface area contributed by atoms with Crippen molar-refractivity contribution in [3.63, 3.8) is 0 Å². The third-order valence-electron chi connectivity index (χ3n) is 6.45. The van der Waals surface area contributed by atoms with Crippen LogP contribution in [0, 0.1) is 6.92 Å². The third-order valence-corrected chi connectivity index (χ3v) is 8.27. The number of thiazole rings is 2. The van der Waals surface area contributed by atoms with E-state index in [1.807, 2.05) is 48.2 Å². The van der Waals surface area contributed by atoms with Crippen LogP contribution in [0.4, 0.5) is 21.9 Å². The van der Waals surface area contributed by atoms with Gasteiger partial charge in [-0.15, -0.1) is 21.5 Å². The highest BCUT2D eigenvalue weighted by atomic mass is 32.1. The number of para-hydroxylation sites is 1. The lowest BCUT2D eigenvalue weighted by atomic mass is 9.99. The Balaban J connectivity index is 1.32. The monoisotopic (exact) mass is 558 g/mol. The summed E-state index contributed by atoms with van der Waals surface area (Å²) in [6.07, 6.45) is 0.552. The van der Waals surface area contributed by atoms with Crippen LogP contribution in [-0.2, 0) is 22.5 Å². The molecule has 0 unspecified atom stereocenters. The normalized spacial score (nSPS) is 14.8. The zero-order chi connectivity index (χ0) is 26.8. The number of hydrogen-bond donors (Lipinski definition) is 1. The molecule has 0 amide bonds. The number of ether oxygens (including phenoxy) is 2. The highest BCUT2D eigenvalue weighted by Crippen LogP contribution is 2.38. The number of hydrogen-bond acceptors (Lipinski definition) is 11. The molecule has 0 saturated carbocycles. The van der Waals surface area contributed by atoms with E-state index in [0.29, 0.717) is 42.9 Å². The lowest BCUT2D eigenvalue weighted by molar-refractivity contribution is 0.0440. The molecule has 5 aromatic rings. The number of nitrogens with zero attached hydrogens (tertiary/aromatic N) is 5. The van der Waals surface area contributed by atoms with Gasteiger partial charge in [0.25, 0.3) is 0 Å². The Morgan fingerprint density at radius 2 is 1.92 bits per heavy atom. The summed E-state index contributed by atoms with van der Waals surface area (Å²) in [5.41, 5.74) is 4.32. The van der Waals surface area contributed by atoms with Crippen LogP contribution in [-0.4, -0.2) is 45.4 Å². The predicted molar refractivity (Wildman–Crippen MR) is 153 cm³/mol. The van der Waals surface area contributed by atoms with Crippen molar-refractivity contribution >= 4 is 60.8 Å². The highest BCUT2D eigenvalue weighted by molar-refractivity contribution is 7.22. The molecule has 11 heteroatoms. The molecular weight excluding hydrogens is 532 g/mol. The minimum Gasteiger partial charge on any atom is -0.461 e. The molecule has 0 aliphatic carbocycles. The van der Waals surface area contributed by atoms with Gasteiger partial charge in [0.2, 0.25) is 0 Å². The highest BCUT2D eigenvalue weighted by Gasteiger charge is 2.32. The van der Waals surface area contributed by atoms with Gasteiger partial charge in [-0.05, 0) is 31.5 Å². The van der Waals surface area contributed by atoms with Crippen LogP contribution >= 0.6 is 22.7 Å². The Morgan fingerprint density at radius 3 is 2.74 bits per heavy atom. The zero-order valence-electron chi connectivity index (χ0n) is 21.5.